The third kappa shape index (κ3) is 59.5. The van der Waals surface area contributed by atoms with E-state index in [1.165, 1.54) is 0 Å². The number of hydrogen-bond acceptors (Lipinski definition) is 15. The standard InChI is InChI=1S/Ca.K.3Mo.3H3O4P.9O/c;;;;;3*1-5(2,3)4;;;;;;;;;/h;;;;;3*(H3,1,2,3,4);;;;;;;;;/q+2;4*+1;;;;;;;;;;3*-1/p-3. The van der Waals surface area contributed by atoms with E-state index in [1.807, 2.05) is 0 Å². The molecule has 0 aliphatic rings. The van der Waals surface area contributed by atoms with Gasteiger partial charge < -0.3 is 0 Å². The maximum Gasteiger partial charge on any atom is 2.00 e. The van der Waals surface area contributed by atoms with Gasteiger partial charge in [0.05, 0.1) is 0 Å². The fourth-order valence-corrected chi connectivity index (χ4v) is 6.33. The van der Waals surface area contributed by atoms with Crippen molar-refractivity contribution in [1.82, 2.24) is 0 Å². The molecule has 21 nitrogen and oxygen atoms in total. The van der Waals surface area contributed by atoms with Gasteiger partial charge in [0.25, 0.3) is 0 Å². The second kappa shape index (κ2) is 16.6. The SMILES string of the molecule is O=P(O)(O)[O][Mo](=[O])(=[O])[O-].O=P(O)(O)[O][Mo](=[O])(=[O])[O-].O=P(O)(O)[O][Mo](=[O])(=[O])[O-].[Ca+2].[K+]. The van der Waals surface area contributed by atoms with Crippen LogP contribution in [0.5, 0.6) is 0 Å². The van der Waals surface area contributed by atoms with Gasteiger partial charge in [-0.05, 0) is 0 Å². The van der Waals surface area contributed by atoms with Gasteiger partial charge in [-0.1, -0.05) is 0 Å². The van der Waals surface area contributed by atoms with Crippen LogP contribution in [0, 0.1) is 0 Å². The van der Waals surface area contributed by atoms with Crippen LogP contribution in [-0.4, -0.2) is 67.1 Å². The third-order valence-electron chi connectivity index (χ3n) is 0.565. The molecule has 168 valence electrons. The van der Waals surface area contributed by atoms with Crippen molar-refractivity contribution in [2.75, 3.05) is 0 Å². The molecule has 0 saturated heterocycles. The molecule has 29 heteroatoms. The van der Waals surface area contributed by atoms with Crippen LogP contribution in [0.25, 0.3) is 0 Å². The summed E-state index contributed by atoms with van der Waals surface area (Å²) in [7, 11) is -15.4. The van der Waals surface area contributed by atoms with E-state index in [1.54, 1.807) is 0 Å². The van der Waals surface area contributed by atoms with E-state index < -0.39 is 73.7 Å². The molecule has 0 saturated carbocycles. The van der Waals surface area contributed by atoms with Crippen LogP contribution in [0.15, 0.2) is 0 Å². The van der Waals surface area contributed by atoms with E-state index in [9.17, 15) is 45.4 Å². The largest absolute Gasteiger partial charge is 2.00 e. The zero-order valence-electron chi connectivity index (χ0n) is 13.1. The summed E-state index contributed by atoms with van der Waals surface area (Å²) in [6.45, 7) is 0. The van der Waals surface area contributed by atoms with E-state index >= 15 is 0 Å². The summed E-state index contributed by atoms with van der Waals surface area (Å²) in [5.74, 6) is 0. The van der Waals surface area contributed by atoms with Gasteiger partial charge in [0.15, 0.2) is 0 Å². The summed E-state index contributed by atoms with van der Waals surface area (Å²) >= 11 is -18.8. The molecule has 0 aromatic rings. The van der Waals surface area contributed by atoms with Gasteiger partial charge in [-0.2, -0.15) is 0 Å². The molecular formula is H6CaKMo3O21P3. The van der Waals surface area contributed by atoms with Crippen LogP contribution in [0.2, 0.25) is 0 Å². The molecule has 0 fully saturated rings. The number of rotatable bonds is 6. The van der Waals surface area contributed by atoms with Gasteiger partial charge in [0.1, 0.15) is 0 Å². The fraction of sp³-hybridized carbons (Fsp3) is 0. The molecule has 0 radical (unpaired) electrons. The summed E-state index contributed by atoms with van der Waals surface area (Å²) in [6, 6.07) is 0. The Morgan fingerprint density at radius 1 is 0.517 bits per heavy atom. The third-order valence-corrected chi connectivity index (χ3v) is 10.0. The Morgan fingerprint density at radius 2 is 0.621 bits per heavy atom. The Morgan fingerprint density at radius 3 is 0.621 bits per heavy atom. The Labute approximate surface area is 242 Å². The van der Waals surface area contributed by atoms with Crippen LogP contribution < -0.4 is 62.7 Å². The Bertz CT molecular complexity index is 782. The van der Waals surface area contributed by atoms with E-state index in [2.05, 4.69) is 9.53 Å². The summed E-state index contributed by atoms with van der Waals surface area (Å²) in [5.41, 5.74) is 0. The van der Waals surface area contributed by atoms with Crippen LogP contribution in [0.1, 0.15) is 0 Å². The molecule has 0 bridgehead atoms. The minimum Gasteiger partial charge on any atom is 1.00 e. The van der Waals surface area contributed by atoms with Gasteiger partial charge in [-0.3, -0.25) is 0 Å². The van der Waals surface area contributed by atoms with Crippen molar-refractivity contribution in [3.05, 3.63) is 0 Å². The first-order valence-corrected chi connectivity index (χ1v) is 18.7. The molecule has 0 unspecified atom stereocenters. The number of phosphoric acid groups is 3. The second-order valence-electron chi connectivity index (χ2n) is 2.92. The van der Waals surface area contributed by atoms with Gasteiger partial charge in [-0.15, -0.1) is 0 Å². The minimum atomic E-state index is -6.28. The van der Waals surface area contributed by atoms with Crippen molar-refractivity contribution in [3.8, 4) is 0 Å². The monoisotopic (exact) mass is 808 g/mol. The molecule has 0 spiro atoms. The van der Waals surface area contributed by atoms with Crippen molar-refractivity contribution in [3.63, 3.8) is 0 Å². The minimum absolute atomic E-state index is 0. The van der Waals surface area contributed by atoms with Gasteiger partial charge in [-0.25, -0.2) is 0 Å². The van der Waals surface area contributed by atoms with Crippen LogP contribution in [0.4, 0.5) is 0 Å². The predicted octanol–water partition coefficient (Wildman–Crippen LogP) is -8.98. The van der Waals surface area contributed by atoms with Gasteiger partial charge in [0, 0.05) is 0 Å². The summed E-state index contributed by atoms with van der Waals surface area (Å²) in [4.78, 5) is 46.1. The van der Waals surface area contributed by atoms with E-state index in [-0.39, 0.29) is 89.1 Å². The first-order chi connectivity index (χ1) is 11.1. The van der Waals surface area contributed by atoms with Crippen LogP contribution in [-0.2, 0) is 93.9 Å². The molecule has 0 aliphatic heterocycles. The Hall–Kier alpha value is 3.97. The Balaban J connectivity index is -0.0000000960. The topological polar surface area (TPSA) is 372 Å². The smallest absolute Gasteiger partial charge is 1.00 e. The normalized spacial score (nSPS) is 12.7. The van der Waals surface area contributed by atoms with Crippen molar-refractivity contribution in [2.45, 2.75) is 0 Å². The molecule has 0 rings (SSSR count). The maximum atomic E-state index is 9.57. The maximum absolute atomic E-state index is 9.57. The predicted molar refractivity (Wildman–Crippen MR) is 49.3 cm³/mol. The van der Waals surface area contributed by atoms with Gasteiger partial charge in [0.2, 0.25) is 0 Å². The summed E-state index contributed by atoms with van der Waals surface area (Å²) in [5, 5.41) is 0. The molecule has 0 aromatic carbocycles. The number of hydrogen-bond donors (Lipinski definition) is 6. The zero-order valence-corrected chi connectivity index (χ0v) is 27.1. The van der Waals surface area contributed by atoms with Crippen LogP contribution >= 0.6 is 23.5 Å². The molecule has 6 N–H and O–H groups in total. The molecule has 0 heterocycles. The Kier molecular flexibility index (Phi) is 24.7. The zero-order chi connectivity index (χ0) is 23.1. The first-order valence-electron chi connectivity index (χ1n) is 4.30. The molecule has 0 aromatic heterocycles. The average molecular weight is 802 g/mol. The molecular weight excluding hydrogens is 796 g/mol. The van der Waals surface area contributed by atoms with Crippen LogP contribution in [0.3, 0.4) is 0 Å². The molecule has 29 heavy (non-hydrogen) atoms. The molecule has 0 aliphatic carbocycles. The van der Waals surface area contributed by atoms with E-state index in [0.29, 0.717) is 0 Å². The molecule has 0 atom stereocenters. The average Bonchev–Trinajstić information content (AvgIpc) is 1.96. The molecule has 0 amide bonds. The quantitative estimate of drug-likeness (QED) is 0.107. The van der Waals surface area contributed by atoms with E-state index in [0.717, 1.165) is 0 Å². The van der Waals surface area contributed by atoms with Crippen molar-refractivity contribution >= 4 is 61.2 Å². The van der Waals surface area contributed by atoms with Crippen molar-refractivity contribution < 1.29 is 186 Å². The fourth-order valence-electron chi connectivity index (χ4n) is 0.357. The first kappa shape index (κ1) is 43.1. The van der Waals surface area contributed by atoms with Crippen molar-refractivity contribution in [1.29, 1.82) is 0 Å². The second-order valence-corrected chi connectivity index (χ2v) is 15.6. The van der Waals surface area contributed by atoms with Gasteiger partial charge >= 0.3 is 247 Å². The van der Waals surface area contributed by atoms with Crippen molar-refractivity contribution in [2.24, 2.45) is 0 Å². The summed E-state index contributed by atoms with van der Waals surface area (Å²) in [6.07, 6.45) is 0. The van der Waals surface area contributed by atoms with E-state index in [4.69, 9.17) is 29.4 Å². The summed E-state index contributed by atoms with van der Waals surface area (Å²) < 4.78 is 122.